The minimum Gasteiger partial charge on any atom is -0.483 e. The summed E-state index contributed by atoms with van der Waals surface area (Å²) in [5.41, 5.74) is 1.30. The van der Waals surface area contributed by atoms with Crippen molar-refractivity contribution in [2.45, 2.75) is 39.0 Å². The maximum Gasteiger partial charge on any atom is 0.409 e. The third kappa shape index (κ3) is 7.80. The van der Waals surface area contributed by atoms with Crippen LogP contribution in [0.1, 0.15) is 42.2 Å². The quantitative estimate of drug-likeness (QED) is 0.457. The Morgan fingerprint density at radius 3 is 2.41 bits per heavy atom. The lowest BCUT2D eigenvalue weighted by molar-refractivity contribution is -0.133. The van der Waals surface area contributed by atoms with E-state index >= 15 is 0 Å². The number of nitrogens with one attached hydrogen (secondary N) is 1. The number of unbranched alkanes of at least 4 members (excludes halogenated alkanes) is 1. The summed E-state index contributed by atoms with van der Waals surface area (Å²) in [4.78, 5) is 58.9. The first-order valence-electron chi connectivity index (χ1n) is 13.7. The van der Waals surface area contributed by atoms with Gasteiger partial charge in [0.1, 0.15) is 11.4 Å². The molecule has 1 aromatic heterocycles. The first-order valence-corrected chi connectivity index (χ1v) is 13.7. The number of amides is 4. The fourth-order valence-corrected chi connectivity index (χ4v) is 4.61. The van der Waals surface area contributed by atoms with Crippen LogP contribution in [0.2, 0.25) is 0 Å². The average Bonchev–Trinajstić information content (AvgIpc) is 3.33. The molecule has 41 heavy (non-hydrogen) atoms. The Kier molecular flexibility index (Phi) is 9.56. The second-order valence-electron chi connectivity index (χ2n) is 10.3. The van der Waals surface area contributed by atoms with Crippen LogP contribution in [-0.2, 0) is 14.3 Å². The SMILES string of the molecule is CCCCOC(=O)N1CCN(C(=O)CNC(=O)c2cc(OCC(=O)N3CCC(F)(F)C3)c3ccc(C)cc3n2)CC1. The number of carbonyl (C=O) groups excluding carboxylic acids is 4. The lowest BCUT2D eigenvalue weighted by Crippen LogP contribution is -2.52. The van der Waals surface area contributed by atoms with Gasteiger partial charge in [0.05, 0.1) is 25.2 Å². The number of fused-ring (bicyclic) bond motifs is 1. The molecule has 0 saturated carbocycles. The second kappa shape index (κ2) is 13.1. The van der Waals surface area contributed by atoms with E-state index in [-0.39, 0.29) is 36.9 Å². The summed E-state index contributed by atoms with van der Waals surface area (Å²) >= 11 is 0. The van der Waals surface area contributed by atoms with Crippen molar-refractivity contribution in [1.82, 2.24) is 25.0 Å². The minimum atomic E-state index is -2.91. The molecule has 0 spiro atoms. The number of aryl methyl sites for hydroxylation is 1. The lowest BCUT2D eigenvalue weighted by Gasteiger charge is -2.34. The van der Waals surface area contributed by atoms with Gasteiger partial charge in [-0.25, -0.2) is 18.6 Å². The highest BCUT2D eigenvalue weighted by atomic mass is 19.3. The molecular weight excluding hydrogens is 540 g/mol. The van der Waals surface area contributed by atoms with Gasteiger partial charge in [-0.1, -0.05) is 19.4 Å². The summed E-state index contributed by atoms with van der Waals surface area (Å²) in [6, 6.07) is 6.68. The number of ether oxygens (including phenoxy) is 2. The number of piperazine rings is 1. The number of halogens is 2. The Bertz CT molecular complexity index is 1300. The van der Waals surface area contributed by atoms with E-state index in [1.165, 1.54) is 6.07 Å². The molecular formula is C28H35F2N5O6. The summed E-state index contributed by atoms with van der Waals surface area (Å²) in [6.45, 7) is 4.10. The van der Waals surface area contributed by atoms with Gasteiger partial charge in [-0.15, -0.1) is 0 Å². The van der Waals surface area contributed by atoms with Crippen LogP contribution >= 0.6 is 0 Å². The third-order valence-electron chi connectivity index (χ3n) is 7.05. The molecule has 11 nitrogen and oxygen atoms in total. The van der Waals surface area contributed by atoms with Gasteiger partial charge in [-0.05, 0) is 31.0 Å². The molecule has 2 saturated heterocycles. The van der Waals surface area contributed by atoms with Crippen LogP contribution in [0.5, 0.6) is 5.75 Å². The zero-order valence-corrected chi connectivity index (χ0v) is 23.3. The lowest BCUT2D eigenvalue weighted by atomic mass is 10.1. The summed E-state index contributed by atoms with van der Waals surface area (Å²) in [6.07, 6.45) is 0.934. The van der Waals surface area contributed by atoms with E-state index in [1.54, 1.807) is 21.9 Å². The van der Waals surface area contributed by atoms with Crippen molar-refractivity contribution >= 4 is 34.7 Å². The van der Waals surface area contributed by atoms with Crippen LogP contribution in [0.4, 0.5) is 13.6 Å². The number of alkyl halides is 2. The Labute approximate surface area is 236 Å². The van der Waals surface area contributed by atoms with Crippen LogP contribution in [0.3, 0.4) is 0 Å². The predicted molar refractivity (Wildman–Crippen MR) is 145 cm³/mol. The zero-order valence-electron chi connectivity index (χ0n) is 23.3. The highest BCUT2D eigenvalue weighted by molar-refractivity contribution is 5.98. The molecule has 0 bridgehead atoms. The zero-order chi connectivity index (χ0) is 29.6. The van der Waals surface area contributed by atoms with Gasteiger partial charge in [-0.3, -0.25) is 14.4 Å². The van der Waals surface area contributed by atoms with Crippen molar-refractivity contribution in [3.05, 3.63) is 35.5 Å². The van der Waals surface area contributed by atoms with Crippen LogP contribution in [0.25, 0.3) is 10.9 Å². The van der Waals surface area contributed by atoms with Crippen LogP contribution in [0, 0.1) is 6.92 Å². The van der Waals surface area contributed by atoms with Crippen molar-refractivity contribution in [2.24, 2.45) is 0 Å². The van der Waals surface area contributed by atoms with Crippen molar-refractivity contribution in [3.63, 3.8) is 0 Å². The Morgan fingerprint density at radius 1 is 1.00 bits per heavy atom. The van der Waals surface area contributed by atoms with Gasteiger partial charge in [0.2, 0.25) is 5.91 Å². The van der Waals surface area contributed by atoms with Gasteiger partial charge < -0.3 is 29.5 Å². The molecule has 0 radical (unpaired) electrons. The normalized spacial score (nSPS) is 16.5. The van der Waals surface area contributed by atoms with E-state index in [9.17, 15) is 28.0 Å². The molecule has 2 aromatic rings. The van der Waals surface area contributed by atoms with Gasteiger partial charge in [0.15, 0.2) is 6.61 Å². The molecule has 13 heteroatoms. The van der Waals surface area contributed by atoms with Gasteiger partial charge in [0.25, 0.3) is 17.7 Å². The number of hydrogen-bond acceptors (Lipinski definition) is 7. The number of likely N-dealkylation sites (tertiary alicyclic amines) is 1. The molecule has 2 fully saturated rings. The Balaban J connectivity index is 1.35. The molecule has 2 aliphatic heterocycles. The molecule has 1 N–H and O–H groups in total. The van der Waals surface area contributed by atoms with Crippen LogP contribution in [-0.4, -0.2) is 108 Å². The monoisotopic (exact) mass is 575 g/mol. The summed E-state index contributed by atoms with van der Waals surface area (Å²) in [5, 5.41) is 3.13. The van der Waals surface area contributed by atoms with E-state index in [2.05, 4.69) is 10.3 Å². The summed E-state index contributed by atoms with van der Waals surface area (Å²) < 4.78 is 38.0. The maximum atomic E-state index is 13.5. The molecule has 3 heterocycles. The average molecular weight is 576 g/mol. The molecule has 1 aromatic carbocycles. The van der Waals surface area contributed by atoms with Crippen molar-refractivity contribution in [2.75, 3.05) is 59.0 Å². The fraction of sp³-hybridized carbons (Fsp3) is 0.536. The van der Waals surface area contributed by atoms with Crippen LogP contribution in [0.15, 0.2) is 24.3 Å². The van der Waals surface area contributed by atoms with Crippen molar-refractivity contribution in [3.8, 4) is 5.75 Å². The Morgan fingerprint density at radius 2 is 1.73 bits per heavy atom. The van der Waals surface area contributed by atoms with Gasteiger partial charge >= 0.3 is 6.09 Å². The maximum absolute atomic E-state index is 13.5. The third-order valence-corrected chi connectivity index (χ3v) is 7.05. The molecule has 0 atom stereocenters. The fourth-order valence-electron chi connectivity index (χ4n) is 4.61. The minimum absolute atomic E-state index is 0.0225. The standard InChI is InChI=1S/C28H35F2N5O6/c1-3-4-13-40-27(39)34-11-9-33(10-12-34)24(36)16-31-26(38)22-15-23(20-6-5-19(2)14-21(20)32-22)41-17-25(37)35-8-7-28(29,30)18-35/h5-6,14-15H,3-4,7-13,16-18H2,1-2H3,(H,31,38). The highest BCUT2D eigenvalue weighted by Gasteiger charge is 2.40. The number of benzene rings is 1. The topological polar surface area (TPSA) is 121 Å². The molecule has 4 rings (SSSR count). The van der Waals surface area contributed by atoms with Crippen molar-refractivity contribution in [1.29, 1.82) is 0 Å². The smallest absolute Gasteiger partial charge is 0.409 e. The first kappa shape index (κ1) is 29.9. The summed E-state index contributed by atoms with van der Waals surface area (Å²) in [5.74, 6) is -4.21. The van der Waals surface area contributed by atoms with E-state index in [0.29, 0.717) is 43.7 Å². The number of rotatable bonds is 9. The molecule has 2 aliphatic rings. The molecule has 4 amide bonds. The first-order chi connectivity index (χ1) is 19.6. The van der Waals surface area contributed by atoms with Gasteiger partial charge in [-0.2, -0.15) is 0 Å². The van der Waals surface area contributed by atoms with E-state index in [1.807, 2.05) is 19.9 Å². The Hall–Kier alpha value is -4.03. The highest BCUT2D eigenvalue weighted by Crippen LogP contribution is 2.29. The van der Waals surface area contributed by atoms with Crippen molar-refractivity contribution < 1.29 is 37.4 Å². The summed E-state index contributed by atoms with van der Waals surface area (Å²) in [7, 11) is 0. The number of aromatic nitrogens is 1. The number of carbonyl (C=O) groups is 4. The number of pyridine rings is 1. The molecule has 222 valence electrons. The van der Waals surface area contributed by atoms with Gasteiger partial charge in [0, 0.05) is 50.6 Å². The van der Waals surface area contributed by atoms with E-state index in [0.717, 1.165) is 23.3 Å². The molecule has 0 unspecified atom stereocenters. The predicted octanol–water partition coefficient (Wildman–Crippen LogP) is 2.60. The number of hydrogen-bond donors (Lipinski definition) is 1. The van der Waals surface area contributed by atoms with E-state index < -0.39 is 37.0 Å². The second-order valence-corrected chi connectivity index (χ2v) is 10.3. The largest absolute Gasteiger partial charge is 0.483 e. The molecule has 0 aliphatic carbocycles. The van der Waals surface area contributed by atoms with Crippen LogP contribution < -0.4 is 10.1 Å². The number of nitrogens with zero attached hydrogens (tertiary/aromatic N) is 4. The van der Waals surface area contributed by atoms with E-state index in [4.69, 9.17) is 9.47 Å².